The van der Waals surface area contributed by atoms with E-state index in [0.717, 1.165) is 11.3 Å². The molecule has 0 atom stereocenters. The zero-order valence-corrected chi connectivity index (χ0v) is 21.0. The number of benzene rings is 2. The van der Waals surface area contributed by atoms with Crippen molar-refractivity contribution >= 4 is 29.2 Å². The van der Waals surface area contributed by atoms with E-state index < -0.39 is 5.97 Å². The van der Waals surface area contributed by atoms with Crippen molar-refractivity contribution < 1.29 is 23.8 Å². The molecule has 1 aliphatic rings. The van der Waals surface area contributed by atoms with Crippen molar-refractivity contribution in [3.63, 3.8) is 0 Å². The molecule has 0 radical (unpaired) electrons. The predicted molar refractivity (Wildman–Crippen MR) is 140 cm³/mol. The Bertz CT molecular complexity index is 1300. The topological polar surface area (TPSA) is 139 Å². The molecular weight excluding hydrogens is 488 g/mol. The summed E-state index contributed by atoms with van der Waals surface area (Å²) in [5.74, 6) is -0.419. The van der Waals surface area contributed by atoms with Crippen LogP contribution in [0.3, 0.4) is 0 Å². The Kier molecular flexibility index (Phi) is 9.17. The van der Waals surface area contributed by atoms with E-state index in [9.17, 15) is 9.59 Å². The van der Waals surface area contributed by atoms with Crippen LogP contribution in [0.25, 0.3) is 11.3 Å². The summed E-state index contributed by atoms with van der Waals surface area (Å²) in [6.45, 7) is 2.93. The Morgan fingerprint density at radius 3 is 2.63 bits per heavy atom. The highest BCUT2D eigenvalue weighted by atomic mass is 16.6. The van der Waals surface area contributed by atoms with Gasteiger partial charge in [-0.2, -0.15) is 5.26 Å². The van der Waals surface area contributed by atoms with Crippen LogP contribution in [0.5, 0.6) is 0 Å². The molecule has 1 saturated heterocycles. The first-order chi connectivity index (χ1) is 18.6. The predicted octanol–water partition coefficient (Wildman–Crippen LogP) is 2.78. The lowest BCUT2D eigenvalue weighted by molar-refractivity contribution is 0.0388. The Balaban J connectivity index is 1.53. The SMILES string of the molecule is COCCOC(=O)c1cc(Nc2nccc(-c3ccc(C(=O)NCC#N)cc3)n2)ccc1N1CCOCC1. The minimum Gasteiger partial charge on any atom is -0.460 e. The highest BCUT2D eigenvalue weighted by Gasteiger charge is 2.21. The van der Waals surface area contributed by atoms with E-state index in [1.54, 1.807) is 49.7 Å². The van der Waals surface area contributed by atoms with Crippen LogP contribution in [0, 0.1) is 11.3 Å². The van der Waals surface area contributed by atoms with Gasteiger partial charge < -0.3 is 29.7 Å². The molecule has 0 aliphatic carbocycles. The molecule has 4 rings (SSSR count). The van der Waals surface area contributed by atoms with Crippen molar-refractivity contribution in [2.75, 3.05) is 63.4 Å². The van der Waals surface area contributed by atoms with Crippen LogP contribution < -0.4 is 15.5 Å². The molecule has 3 aromatic rings. The average molecular weight is 517 g/mol. The molecule has 38 heavy (non-hydrogen) atoms. The Morgan fingerprint density at radius 2 is 1.89 bits per heavy atom. The van der Waals surface area contributed by atoms with Gasteiger partial charge in [0.1, 0.15) is 13.2 Å². The number of hydrogen-bond donors (Lipinski definition) is 2. The van der Waals surface area contributed by atoms with Crippen LogP contribution in [-0.4, -0.2) is 75.0 Å². The monoisotopic (exact) mass is 516 g/mol. The van der Waals surface area contributed by atoms with Crippen molar-refractivity contribution in [1.82, 2.24) is 15.3 Å². The normalized spacial score (nSPS) is 12.9. The fourth-order valence-electron chi connectivity index (χ4n) is 3.88. The molecule has 2 N–H and O–H groups in total. The maximum absolute atomic E-state index is 12.9. The number of rotatable bonds is 10. The van der Waals surface area contributed by atoms with E-state index in [4.69, 9.17) is 19.5 Å². The molecule has 2 aromatic carbocycles. The summed E-state index contributed by atoms with van der Waals surface area (Å²) in [5, 5.41) is 14.3. The van der Waals surface area contributed by atoms with E-state index in [-0.39, 0.29) is 19.1 Å². The number of hydrogen-bond acceptors (Lipinski definition) is 10. The Hall–Kier alpha value is -4.53. The van der Waals surface area contributed by atoms with Crippen LogP contribution in [0.2, 0.25) is 0 Å². The maximum Gasteiger partial charge on any atom is 0.340 e. The second-order valence-corrected chi connectivity index (χ2v) is 8.27. The second kappa shape index (κ2) is 13.1. The minimum absolute atomic E-state index is 0.0540. The van der Waals surface area contributed by atoms with Crippen LogP contribution in [0.4, 0.5) is 17.3 Å². The number of ether oxygens (including phenoxy) is 3. The zero-order chi connectivity index (χ0) is 26.7. The molecule has 0 spiro atoms. The third kappa shape index (κ3) is 6.82. The van der Waals surface area contributed by atoms with Gasteiger partial charge in [-0.15, -0.1) is 0 Å². The summed E-state index contributed by atoms with van der Waals surface area (Å²) in [6.07, 6.45) is 1.63. The van der Waals surface area contributed by atoms with Crippen molar-refractivity contribution in [3.8, 4) is 17.3 Å². The zero-order valence-electron chi connectivity index (χ0n) is 21.0. The number of carbonyl (C=O) groups is 2. The van der Waals surface area contributed by atoms with Gasteiger partial charge in [0.15, 0.2) is 0 Å². The molecule has 1 aromatic heterocycles. The molecule has 1 amide bonds. The number of anilines is 3. The summed E-state index contributed by atoms with van der Waals surface area (Å²) in [7, 11) is 1.55. The molecule has 196 valence electrons. The summed E-state index contributed by atoms with van der Waals surface area (Å²) in [4.78, 5) is 36.0. The van der Waals surface area contributed by atoms with Crippen LogP contribution in [-0.2, 0) is 14.2 Å². The smallest absolute Gasteiger partial charge is 0.340 e. The van der Waals surface area contributed by atoms with E-state index >= 15 is 0 Å². The number of amides is 1. The molecular formula is C27H28N6O5. The molecule has 0 unspecified atom stereocenters. The minimum atomic E-state index is -0.444. The van der Waals surface area contributed by atoms with Gasteiger partial charge in [-0.1, -0.05) is 12.1 Å². The van der Waals surface area contributed by atoms with Gasteiger partial charge in [-0.3, -0.25) is 4.79 Å². The maximum atomic E-state index is 12.9. The van der Waals surface area contributed by atoms with Crippen LogP contribution in [0.1, 0.15) is 20.7 Å². The third-order valence-electron chi connectivity index (χ3n) is 5.77. The first-order valence-electron chi connectivity index (χ1n) is 12.1. The molecule has 1 fully saturated rings. The van der Waals surface area contributed by atoms with E-state index in [1.165, 1.54) is 0 Å². The van der Waals surface area contributed by atoms with E-state index in [1.807, 2.05) is 18.2 Å². The van der Waals surface area contributed by atoms with Gasteiger partial charge in [0.25, 0.3) is 5.91 Å². The van der Waals surface area contributed by atoms with Gasteiger partial charge in [-0.05, 0) is 36.4 Å². The standard InChI is InChI=1S/C27H28N6O5/c1-36-16-17-38-26(35)22-18-21(6-7-24(22)33-12-14-37-15-13-33)31-27-30-10-8-23(32-27)19-2-4-20(5-3-19)25(34)29-11-9-28/h2-8,10,18H,11-17H2,1H3,(H,29,34)(H,30,31,32). The first-order valence-corrected chi connectivity index (χ1v) is 12.1. The summed E-state index contributed by atoms with van der Waals surface area (Å²) >= 11 is 0. The van der Waals surface area contributed by atoms with Crippen molar-refractivity contribution in [3.05, 3.63) is 65.9 Å². The largest absolute Gasteiger partial charge is 0.460 e. The Morgan fingerprint density at radius 1 is 1.11 bits per heavy atom. The number of methoxy groups -OCH3 is 1. The quantitative estimate of drug-likeness (QED) is 0.235. The average Bonchev–Trinajstić information content (AvgIpc) is 2.96. The Labute approximate surface area is 220 Å². The van der Waals surface area contributed by atoms with Crippen LogP contribution in [0.15, 0.2) is 54.7 Å². The highest BCUT2D eigenvalue weighted by Crippen LogP contribution is 2.28. The third-order valence-corrected chi connectivity index (χ3v) is 5.77. The number of esters is 1. The molecule has 0 saturated carbocycles. The molecule has 2 heterocycles. The van der Waals surface area contributed by atoms with Gasteiger partial charge in [0.05, 0.1) is 42.8 Å². The number of nitrogens with one attached hydrogen (secondary N) is 2. The summed E-state index contributed by atoms with van der Waals surface area (Å²) in [6, 6.07) is 16.0. The van der Waals surface area contributed by atoms with E-state index in [0.29, 0.717) is 61.4 Å². The van der Waals surface area contributed by atoms with Crippen molar-refractivity contribution in [1.29, 1.82) is 5.26 Å². The first kappa shape index (κ1) is 26.5. The van der Waals surface area contributed by atoms with Crippen molar-refractivity contribution in [2.45, 2.75) is 0 Å². The lowest BCUT2D eigenvalue weighted by Gasteiger charge is -2.30. The van der Waals surface area contributed by atoms with E-state index in [2.05, 4.69) is 25.5 Å². The van der Waals surface area contributed by atoms with Gasteiger partial charge in [0.2, 0.25) is 5.95 Å². The van der Waals surface area contributed by atoms with Gasteiger partial charge in [-0.25, -0.2) is 14.8 Å². The molecule has 11 heteroatoms. The number of nitriles is 1. The lowest BCUT2D eigenvalue weighted by Crippen LogP contribution is -2.37. The number of nitrogens with zero attached hydrogens (tertiary/aromatic N) is 4. The lowest BCUT2D eigenvalue weighted by atomic mass is 10.1. The summed E-state index contributed by atoms with van der Waals surface area (Å²) in [5.41, 5.74) is 3.71. The number of morpholine rings is 1. The molecule has 1 aliphatic heterocycles. The molecule has 0 bridgehead atoms. The highest BCUT2D eigenvalue weighted by molar-refractivity contribution is 5.97. The van der Waals surface area contributed by atoms with Crippen molar-refractivity contribution in [2.24, 2.45) is 0 Å². The van der Waals surface area contributed by atoms with Gasteiger partial charge >= 0.3 is 5.97 Å². The fraction of sp³-hybridized carbons (Fsp3) is 0.296. The number of aromatic nitrogens is 2. The van der Waals surface area contributed by atoms with Crippen LogP contribution >= 0.6 is 0 Å². The van der Waals surface area contributed by atoms with Gasteiger partial charge in [0, 0.05) is 43.2 Å². The number of carbonyl (C=O) groups excluding carboxylic acids is 2. The fourth-order valence-corrected chi connectivity index (χ4v) is 3.88. The summed E-state index contributed by atoms with van der Waals surface area (Å²) < 4.78 is 15.8. The second-order valence-electron chi connectivity index (χ2n) is 8.27. The molecule has 11 nitrogen and oxygen atoms in total.